The zero-order valence-corrected chi connectivity index (χ0v) is 18.3. The lowest BCUT2D eigenvalue weighted by Gasteiger charge is -2.35. The Morgan fingerprint density at radius 2 is 1.90 bits per heavy atom. The molecule has 29 heavy (non-hydrogen) atoms. The average Bonchev–Trinajstić information content (AvgIpc) is 2.70. The van der Waals surface area contributed by atoms with Gasteiger partial charge in [0.1, 0.15) is 10.6 Å². The molecule has 1 aromatic rings. The summed E-state index contributed by atoms with van der Waals surface area (Å²) in [6.45, 7) is 5.79. The molecule has 1 saturated carbocycles. The number of sulfonamides is 1. The van der Waals surface area contributed by atoms with Crippen molar-refractivity contribution in [3.8, 4) is 5.75 Å². The van der Waals surface area contributed by atoms with Crippen molar-refractivity contribution < 1.29 is 27.5 Å². The van der Waals surface area contributed by atoms with Crippen molar-refractivity contribution in [3.05, 3.63) is 23.8 Å². The summed E-state index contributed by atoms with van der Waals surface area (Å²) in [6, 6.07) is 3.99. The van der Waals surface area contributed by atoms with Crippen LogP contribution in [0.2, 0.25) is 0 Å². The normalized spacial score (nSPS) is 23.1. The van der Waals surface area contributed by atoms with Crippen LogP contribution in [0, 0.1) is 11.8 Å². The summed E-state index contributed by atoms with van der Waals surface area (Å²) >= 11 is 0. The summed E-state index contributed by atoms with van der Waals surface area (Å²) < 4.78 is 36.8. The lowest BCUT2D eigenvalue weighted by atomic mass is 9.78. The second-order valence-corrected chi connectivity index (χ2v) is 9.36. The number of hydrogen-bond donors (Lipinski definition) is 2. The first-order valence-corrected chi connectivity index (χ1v) is 11.2. The Hall–Kier alpha value is -2.13. The molecule has 0 aliphatic heterocycles. The van der Waals surface area contributed by atoms with E-state index in [9.17, 15) is 18.0 Å². The van der Waals surface area contributed by atoms with Gasteiger partial charge in [0.2, 0.25) is 10.0 Å². The Morgan fingerprint density at radius 3 is 2.52 bits per heavy atom. The zero-order chi connectivity index (χ0) is 21.8. The predicted molar refractivity (Wildman–Crippen MR) is 108 cm³/mol. The van der Waals surface area contributed by atoms with Gasteiger partial charge in [-0.05, 0) is 50.4 Å². The number of rotatable bonds is 7. The SMILES string of the molecule is CNS(=O)(=O)c1cc(C(=O)O[C@H](C)C(=O)N[C@H]2CCC[C@@H](C)[C@H]2C)ccc1OC. The largest absolute Gasteiger partial charge is 0.495 e. The standard InChI is InChI=1S/C20H30N2O6S/c1-12-7-6-8-16(13(12)2)22-19(23)14(3)28-20(24)15-9-10-17(27-5)18(11-15)29(25,26)21-4/h9-14,16,21H,6-8H2,1-5H3,(H,22,23)/t12-,13-,14-,16+/m1/s1. The third kappa shape index (κ3) is 5.48. The minimum absolute atomic E-state index is 0.0129. The van der Waals surface area contributed by atoms with Crippen molar-refractivity contribution in [2.45, 2.75) is 57.1 Å². The molecule has 0 heterocycles. The molecule has 0 saturated heterocycles. The number of carbonyl (C=O) groups excluding carboxylic acids is 2. The number of benzene rings is 1. The molecule has 162 valence electrons. The number of amides is 1. The highest BCUT2D eigenvalue weighted by molar-refractivity contribution is 7.89. The molecule has 1 amide bonds. The van der Waals surface area contributed by atoms with E-state index in [1.54, 1.807) is 0 Å². The van der Waals surface area contributed by atoms with Crippen LogP contribution in [-0.2, 0) is 19.6 Å². The van der Waals surface area contributed by atoms with Gasteiger partial charge in [0.25, 0.3) is 5.91 Å². The van der Waals surface area contributed by atoms with Crippen LogP contribution in [0.3, 0.4) is 0 Å². The van der Waals surface area contributed by atoms with Crippen molar-refractivity contribution in [2.24, 2.45) is 11.8 Å². The molecule has 0 bridgehead atoms. The Balaban J connectivity index is 2.09. The van der Waals surface area contributed by atoms with Crippen LogP contribution in [-0.4, -0.2) is 46.6 Å². The van der Waals surface area contributed by atoms with Crippen LogP contribution >= 0.6 is 0 Å². The van der Waals surface area contributed by atoms with E-state index in [1.165, 1.54) is 39.3 Å². The molecule has 8 nitrogen and oxygen atoms in total. The topological polar surface area (TPSA) is 111 Å². The highest BCUT2D eigenvalue weighted by atomic mass is 32.2. The highest BCUT2D eigenvalue weighted by Gasteiger charge is 2.30. The number of methoxy groups -OCH3 is 1. The van der Waals surface area contributed by atoms with Gasteiger partial charge < -0.3 is 14.8 Å². The number of hydrogen-bond acceptors (Lipinski definition) is 6. The number of ether oxygens (including phenoxy) is 2. The van der Waals surface area contributed by atoms with Crippen molar-refractivity contribution >= 4 is 21.9 Å². The third-order valence-corrected chi connectivity index (χ3v) is 7.08. The predicted octanol–water partition coefficient (Wildman–Crippen LogP) is 2.09. The molecule has 0 radical (unpaired) electrons. The van der Waals surface area contributed by atoms with Crippen LogP contribution in [0.15, 0.2) is 23.1 Å². The minimum Gasteiger partial charge on any atom is -0.495 e. The molecule has 0 aromatic heterocycles. The molecule has 9 heteroatoms. The van der Waals surface area contributed by atoms with Crippen LogP contribution in [0.5, 0.6) is 5.75 Å². The maximum Gasteiger partial charge on any atom is 0.338 e. The quantitative estimate of drug-likeness (QED) is 0.646. The zero-order valence-electron chi connectivity index (χ0n) is 17.5. The molecule has 4 atom stereocenters. The summed E-state index contributed by atoms with van der Waals surface area (Å²) in [4.78, 5) is 24.8. The maximum absolute atomic E-state index is 12.5. The van der Waals surface area contributed by atoms with Crippen LogP contribution in [0.4, 0.5) is 0 Å². The second-order valence-electron chi connectivity index (χ2n) is 7.50. The molecule has 1 aliphatic rings. The summed E-state index contributed by atoms with van der Waals surface area (Å²) in [5.74, 6) is -0.166. The molecule has 1 aromatic carbocycles. The van der Waals surface area contributed by atoms with E-state index in [0.717, 1.165) is 19.3 Å². The molecule has 2 rings (SSSR count). The summed E-state index contributed by atoms with van der Waals surface area (Å²) in [6.07, 6.45) is 2.10. The van der Waals surface area contributed by atoms with E-state index in [2.05, 4.69) is 23.9 Å². The number of nitrogens with one attached hydrogen (secondary N) is 2. The van der Waals surface area contributed by atoms with Gasteiger partial charge in [0, 0.05) is 6.04 Å². The van der Waals surface area contributed by atoms with Gasteiger partial charge in [-0.15, -0.1) is 0 Å². The first-order chi connectivity index (χ1) is 13.6. The Kier molecular flexibility index (Phi) is 7.65. The summed E-state index contributed by atoms with van der Waals surface area (Å²) in [5, 5.41) is 2.98. The molecule has 1 aliphatic carbocycles. The number of esters is 1. The van der Waals surface area contributed by atoms with Crippen molar-refractivity contribution in [1.29, 1.82) is 0 Å². The van der Waals surface area contributed by atoms with Gasteiger partial charge in [0.05, 0.1) is 12.7 Å². The minimum atomic E-state index is -3.83. The fourth-order valence-corrected chi connectivity index (χ4v) is 4.41. The highest BCUT2D eigenvalue weighted by Crippen LogP contribution is 2.29. The third-order valence-electron chi connectivity index (χ3n) is 5.65. The molecular weight excluding hydrogens is 396 g/mol. The Bertz CT molecular complexity index is 855. The maximum atomic E-state index is 12.5. The second kappa shape index (κ2) is 9.58. The van der Waals surface area contributed by atoms with Crippen molar-refractivity contribution in [3.63, 3.8) is 0 Å². The van der Waals surface area contributed by atoms with Gasteiger partial charge in [-0.2, -0.15) is 0 Å². The van der Waals surface area contributed by atoms with E-state index < -0.39 is 22.1 Å². The van der Waals surface area contributed by atoms with Gasteiger partial charge in [-0.1, -0.05) is 26.7 Å². The first-order valence-electron chi connectivity index (χ1n) is 9.73. The van der Waals surface area contributed by atoms with Crippen LogP contribution in [0.1, 0.15) is 50.4 Å². The molecule has 0 unspecified atom stereocenters. The van der Waals surface area contributed by atoms with E-state index in [4.69, 9.17) is 9.47 Å². The lowest BCUT2D eigenvalue weighted by molar-refractivity contribution is -0.130. The van der Waals surface area contributed by atoms with Gasteiger partial charge in [-0.3, -0.25) is 4.79 Å². The van der Waals surface area contributed by atoms with Crippen LogP contribution in [0.25, 0.3) is 0 Å². The fourth-order valence-electron chi connectivity index (χ4n) is 3.49. The lowest BCUT2D eigenvalue weighted by Crippen LogP contribution is -2.47. The van der Waals surface area contributed by atoms with E-state index >= 15 is 0 Å². The van der Waals surface area contributed by atoms with Gasteiger partial charge in [-0.25, -0.2) is 17.9 Å². The van der Waals surface area contributed by atoms with Gasteiger partial charge >= 0.3 is 5.97 Å². The van der Waals surface area contributed by atoms with E-state index in [-0.39, 0.29) is 28.2 Å². The molecular formula is C20H30N2O6S. The smallest absolute Gasteiger partial charge is 0.338 e. The molecule has 2 N–H and O–H groups in total. The average molecular weight is 427 g/mol. The summed E-state index contributed by atoms with van der Waals surface area (Å²) in [7, 11) is -1.24. The monoisotopic (exact) mass is 426 g/mol. The van der Waals surface area contributed by atoms with E-state index in [0.29, 0.717) is 11.8 Å². The van der Waals surface area contributed by atoms with E-state index in [1.807, 2.05) is 0 Å². The summed E-state index contributed by atoms with van der Waals surface area (Å²) in [5.41, 5.74) is 0.0129. The van der Waals surface area contributed by atoms with Crippen molar-refractivity contribution in [1.82, 2.24) is 10.0 Å². The first kappa shape index (κ1) is 23.2. The molecule has 1 fully saturated rings. The Morgan fingerprint density at radius 1 is 1.21 bits per heavy atom. The Labute approximate surface area is 172 Å². The fraction of sp³-hybridized carbons (Fsp3) is 0.600. The number of carbonyl (C=O) groups is 2. The van der Waals surface area contributed by atoms with Gasteiger partial charge in [0.15, 0.2) is 6.10 Å². The van der Waals surface area contributed by atoms with Crippen LogP contribution < -0.4 is 14.8 Å². The van der Waals surface area contributed by atoms with Crippen molar-refractivity contribution in [2.75, 3.05) is 14.2 Å². The molecule has 0 spiro atoms.